The van der Waals surface area contributed by atoms with Crippen molar-refractivity contribution in [2.75, 3.05) is 0 Å². The molecule has 9 heavy (non-hydrogen) atoms. The zero-order chi connectivity index (χ0) is 6.85. The van der Waals surface area contributed by atoms with Gasteiger partial charge in [0.2, 0.25) is 0 Å². The highest BCUT2D eigenvalue weighted by Gasteiger charge is 1.99. The van der Waals surface area contributed by atoms with E-state index in [4.69, 9.17) is 11.6 Å². The third-order valence-corrected chi connectivity index (χ3v) is 1.50. The van der Waals surface area contributed by atoms with Crippen molar-refractivity contribution in [1.82, 2.24) is 9.78 Å². The molecule has 0 aliphatic rings. The van der Waals surface area contributed by atoms with E-state index in [-0.39, 0.29) is 0 Å². The SMILES string of the molecule is CCc1nn(C)cc1Cl. The van der Waals surface area contributed by atoms with Crippen LogP contribution in [-0.4, -0.2) is 9.78 Å². The quantitative estimate of drug-likeness (QED) is 0.586. The lowest BCUT2D eigenvalue weighted by Gasteiger charge is -1.84. The van der Waals surface area contributed by atoms with Gasteiger partial charge in [-0.05, 0) is 6.42 Å². The highest BCUT2D eigenvalue weighted by molar-refractivity contribution is 6.31. The van der Waals surface area contributed by atoms with Crippen LogP contribution in [0.5, 0.6) is 0 Å². The number of hydrogen-bond donors (Lipinski definition) is 0. The fourth-order valence-electron chi connectivity index (χ4n) is 0.745. The molecule has 0 bridgehead atoms. The molecule has 1 aromatic rings. The van der Waals surface area contributed by atoms with Crippen LogP contribution in [-0.2, 0) is 13.5 Å². The lowest BCUT2D eigenvalue weighted by atomic mass is 10.3. The Morgan fingerprint density at radius 2 is 2.44 bits per heavy atom. The molecule has 50 valence electrons. The van der Waals surface area contributed by atoms with E-state index in [9.17, 15) is 0 Å². The first-order valence-electron chi connectivity index (χ1n) is 2.92. The van der Waals surface area contributed by atoms with Crippen molar-refractivity contribution in [1.29, 1.82) is 0 Å². The van der Waals surface area contributed by atoms with Gasteiger partial charge in [-0.3, -0.25) is 4.68 Å². The van der Waals surface area contributed by atoms with Gasteiger partial charge in [-0.25, -0.2) is 0 Å². The summed E-state index contributed by atoms with van der Waals surface area (Å²) in [5.74, 6) is 0. The normalized spacial score (nSPS) is 10.1. The Morgan fingerprint density at radius 3 is 2.67 bits per heavy atom. The van der Waals surface area contributed by atoms with Crippen LogP contribution in [0.3, 0.4) is 0 Å². The number of halogens is 1. The Kier molecular flexibility index (Phi) is 1.76. The topological polar surface area (TPSA) is 17.8 Å². The van der Waals surface area contributed by atoms with Crippen molar-refractivity contribution in [3.63, 3.8) is 0 Å². The first-order valence-corrected chi connectivity index (χ1v) is 3.30. The number of aromatic nitrogens is 2. The molecule has 3 heteroatoms. The molecule has 2 nitrogen and oxygen atoms in total. The summed E-state index contributed by atoms with van der Waals surface area (Å²) >= 11 is 5.76. The van der Waals surface area contributed by atoms with Crippen molar-refractivity contribution in [2.45, 2.75) is 13.3 Å². The van der Waals surface area contributed by atoms with Crippen LogP contribution in [0.25, 0.3) is 0 Å². The van der Waals surface area contributed by atoms with Crippen LogP contribution in [0.1, 0.15) is 12.6 Å². The lowest BCUT2D eigenvalue weighted by molar-refractivity contribution is 0.746. The minimum atomic E-state index is 0.764. The van der Waals surface area contributed by atoms with Crippen LogP contribution >= 0.6 is 11.6 Å². The van der Waals surface area contributed by atoms with E-state index in [2.05, 4.69) is 5.10 Å². The lowest BCUT2D eigenvalue weighted by Crippen LogP contribution is -1.88. The van der Waals surface area contributed by atoms with Crippen molar-refractivity contribution < 1.29 is 0 Å². The van der Waals surface area contributed by atoms with Crippen molar-refractivity contribution in [3.8, 4) is 0 Å². The van der Waals surface area contributed by atoms with Crippen LogP contribution in [0.2, 0.25) is 5.02 Å². The van der Waals surface area contributed by atoms with E-state index in [0.717, 1.165) is 17.1 Å². The van der Waals surface area contributed by atoms with Gasteiger partial charge in [0, 0.05) is 13.2 Å². The summed E-state index contributed by atoms with van der Waals surface area (Å²) in [6.45, 7) is 2.04. The first-order chi connectivity index (χ1) is 4.24. The van der Waals surface area contributed by atoms with E-state index in [1.807, 2.05) is 14.0 Å². The zero-order valence-corrected chi connectivity index (χ0v) is 6.31. The molecule has 0 N–H and O–H groups in total. The average Bonchev–Trinajstić information content (AvgIpc) is 2.10. The average molecular weight is 145 g/mol. The standard InChI is InChI=1S/C6H9ClN2/c1-3-6-5(7)4-9(2)8-6/h4H,3H2,1-2H3. The van der Waals surface area contributed by atoms with Crippen molar-refractivity contribution >= 4 is 11.6 Å². The van der Waals surface area contributed by atoms with Crippen LogP contribution < -0.4 is 0 Å². The predicted octanol–water partition coefficient (Wildman–Crippen LogP) is 1.64. The van der Waals surface area contributed by atoms with Gasteiger partial charge < -0.3 is 0 Å². The molecular weight excluding hydrogens is 136 g/mol. The molecule has 1 aromatic heterocycles. The van der Waals surface area contributed by atoms with Crippen LogP contribution in [0, 0.1) is 0 Å². The predicted molar refractivity (Wildman–Crippen MR) is 37.6 cm³/mol. The Labute approximate surface area is 59.4 Å². The number of rotatable bonds is 1. The molecule has 0 saturated carbocycles. The molecular formula is C6H9ClN2. The van der Waals surface area contributed by atoms with E-state index >= 15 is 0 Å². The van der Waals surface area contributed by atoms with Gasteiger partial charge in [-0.1, -0.05) is 18.5 Å². The molecule has 1 heterocycles. The molecule has 0 saturated heterocycles. The number of hydrogen-bond acceptors (Lipinski definition) is 1. The van der Waals surface area contributed by atoms with Gasteiger partial charge in [-0.15, -0.1) is 0 Å². The molecule has 0 aromatic carbocycles. The van der Waals surface area contributed by atoms with E-state index < -0.39 is 0 Å². The maximum Gasteiger partial charge on any atom is 0.0817 e. The molecule has 0 amide bonds. The monoisotopic (exact) mass is 144 g/mol. The third-order valence-electron chi connectivity index (χ3n) is 1.19. The molecule has 0 atom stereocenters. The van der Waals surface area contributed by atoms with Crippen molar-refractivity contribution in [3.05, 3.63) is 16.9 Å². The molecule has 1 rings (SSSR count). The summed E-state index contributed by atoms with van der Waals surface area (Å²) in [5, 5.41) is 4.88. The molecule has 0 radical (unpaired) electrons. The maximum absolute atomic E-state index is 5.76. The second-order valence-electron chi connectivity index (χ2n) is 1.95. The number of aryl methyl sites for hydroxylation is 2. The molecule has 0 unspecified atom stereocenters. The Hall–Kier alpha value is -0.500. The second-order valence-corrected chi connectivity index (χ2v) is 2.36. The van der Waals surface area contributed by atoms with Gasteiger partial charge in [0.15, 0.2) is 0 Å². The molecule has 0 aliphatic heterocycles. The first kappa shape index (κ1) is 6.62. The zero-order valence-electron chi connectivity index (χ0n) is 5.56. The highest BCUT2D eigenvalue weighted by atomic mass is 35.5. The Bertz CT molecular complexity index is 205. The Balaban J connectivity index is 3.01. The number of nitrogens with zero attached hydrogens (tertiary/aromatic N) is 2. The fourth-order valence-corrected chi connectivity index (χ4v) is 1.06. The summed E-state index contributed by atoms with van der Waals surface area (Å²) in [5.41, 5.74) is 0.971. The van der Waals surface area contributed by atoms with Gasteiger partial charge in [0.05, 0.1) is 10.7 Å². The highest BCUT2D eigenvalue weighted by Crippen LogP contribution is 2.12. The third kappa shape index (κ3) is 1.24. The smallest absolute Gasteiger partial charge is 0.0817 e. The second kappa shape index (κ2) is 2.40. The Morgan fingerprint density at radius 1 is 1.78 bits per heavy atom. The van der Waals surface area contributed by atoms with Gasteiger partial charge in [-0.2, -0.15) is 5.10 Å². The van der Waals surface area contributed by atoms with E-state index in [0.29, 0.717) is 0 Å². The van der Waals surface area contributed by atoms with Gasteiger partial charge >= 0.3 is 0 Å². The molecule has 0 fully saturated rings. The summed E-state index contributed by atoms with van der Waals surface area (Å²) in [6, 6.07) is 0. The maximum atomic E-state index is 5.76. The van der Waals surface area contributed by atoms with Gasteiger partial charge in [0.1, 0.15) is 0 Å². The van der Waals surface area contributed by atoms with Gasteiger partial charge in [0.25, 0.3) is 0 Å². The van der Waals surface area contributed by atoms with Crippen LogP contribution in [0.15, 0.2) is 6.20 Å². The minimum Gasteiger partial charge on any atom is -0.274 e. The summed E-state index contributed by atoms with van der Waals surface area (Å²) in [4.78, 5) is 0. The van der Waals surface area contributed by atoms with Crippen molar-refractivity contribution in [2.24, 2.45) is 7.05 Å². The minimum absolute atomic E-state index is 0.764. The largest absolute Gasteiger partial charge is 0.274 e. The summed E-state index contributed by atoms with van der Waals surface area (Å²) in [6.07, 6.45) is 2.71. The fraction of sp³-hybridized carbons (Fsp3) is 0.500. The summed E-state index contributed by atoms with van der Waals surface area (Å²) < 4.78 is 1.72. The summed E-state index contributed by atoms with van der Waals surface area (Å²) in [7, 11) is 1.87. The van der Waals surface area contributed by atoms with Crippen LogP contribution in [0.4, 0.5) is 0 Å². The molecule has 0 spiro atoms. The van der Waals surface area contributed by atoms with E-state index in [1.165, 1.54) is 0 Å². The van der Waals surface area contributed by atoms with E-state index in [1.54, 1.807) is 10.9 Å². The molecule has 0 aliphatic carbocycles.